The van der Waals surface area contributed by atoms with Crippen molar-refractivity contribution in [3.63, 3.8) is 0 Å². The highest BCUT2D eigenvalue weighted by Gasteiger charge is 2.25. The van der Waals surface area contributed by atoms with Gasteiger partial charge in [-0.2, -0.15) is 0 Å². The standard InChI is InChI=1S/C31H37NO6/c1-2-3-4-5-6-7-8-9-10-15-27(33)29-25-13-11-12-14-26(25)32(30(29)38-31(36)37)22-24-18-16-23(17-19-24)20-21-28(34)35/h11-14,16-21H,2-10,15,22H2,1H3,(H,34,35)(H,36,37)/b21-20+. The third-order valence-corrected chi connectivity index (χ3v) is 6.63. The van der Waals surface area contributed by atoms with E-state index in [1.807, 2.05) is 36.4 Å². The van der Waals surface area contributed by atoms with E-state index in [1.165, 1.54) is 44.6 Å². The van der Waals surface area contributed by atoms with Gasteiger partial charge < -0.3 is 19.5 Å². The largest absolute Gasteiger partial charge is 0.512 e. The molecule has 0 atom stereocenters. The molecule has 0 unspecified atom stereocenters. The molecule has 0 amide bonds. The molecule has 0 fully saturated rings. The van der Waals surface area contributed by atoms with Crippen molar-refractivity contribution in [2.75, 3.05) is 0 Å². The zero-order valence-corrected chi connectivity index (χ0v) is 22.0. The van der Waals surface area contributed by atoms with E-state index in [2.05, 4.69) is 6.92 Å². The highest BCUT2D eigenvalue weighted by atomic mass is 16.7. The SMILES string of the molecule is CCCCCCCCCCCC(=O)c1c(OC(=O)O)n(Cc2ccc(/C=C/C(=O)O)cc2)c2ccccc12. The van der Waals surface area contributed by atoms with Crippen LogP contribution in [0.25, 0.3) is 17.0 Å². The third-order valence-electron chi connectivity index (χ3n) is 6.63. The number of carboxylic acids is 1. The van der Waals surface area contributed by atoms with Gasteiger partial charge in [0.2, 0.25) is 5.88 Å². The average Bonchev–Trinajstić information content (AvgIpc) is 3.19. The van der Waals surface area contributed by atoms with E-state index >= 15 is 0 Å². The Kier molecular flexibility index (Phi) is 11.1. The van der Waals surface area contributed by atoms with Gasteiger partial charge in [-0.3, -0.25) is 4.79 Å². The number of hydrogen-bond acceptors (Lipinski definition) is 4. The predicted octanol–water partition coefficient (Wildman–Crippen LogP) is 7.95. The zero-order chi connectivity index (χ0) is 27.3. The molecule has 7 nitrogen and oxygen atoms in total. The van der Waals surface area contributed by atoms with Gasteiger partial charge >= 0.3 is 12.1 Å². The molecule has 2 aromatic carbocycles. The maximum atomic E-state index is 13.4. The Bertz CT molecular complexity index is 1260. The van der Waals surface area contributed by atoms with Crippen molar-refractivity contribution in [3.05, 3.63) is 71.3 Å². The highest BCUT2D eigenvalue weighted by Crippen LogP contribution is 2.35. The molecular weight excluding hydrogens is 482 g/mol. The Morgan fingerprint density at radius 2 is 1.47 bits per heavy atom. The van der Waals surface area contributed by atoms with Crippen LogP contribution in [0.3, 0.4) is 0 Å². The minimum atomic E-state index is -1.47. The maximum absolute atomic E-state index is 13.4. The number of carboxylic acid groups (broad SMARTS) is 2. The number of fused-ring (bicyclic) bond motifs is 1. The van der Waals surface area contributed by atoms with Crippen LogP contribution in [0.15, 0.2) is 54.6 Å². The lowest BCUT2D eigenvalue weighted by molar-refractivity contribution is -0.131. The third kappa shape index (κ3) is 8.33. The number of nitrogens with zero attached hydrogens (tertiary/aromatic N) is 1. The number of rotatable bonds is 16. The molecule has 7 heteroatoms. The molecule has 0 radical (unpaired) electrons. The van der Waals surface area contributed by atoms with Gasteiger partial charge in [0.05, 0.1) is 17.6 Å². The number of aliphatic carboxylic acids is 1. The van der Waals surface area contributed by atoms with E-state index in [0.717, 1.165) is 36.5 Å². The molecule has 1 aromatic heterocycles. The Balaban J connectivity index is 1.77. The molecule has 0 aliphatic rings. The predicted molar refractivity (Wildman–Crippen MR) is 149 cm³/mol. The molecule has 0 aliphatic carbocycles. The Morgan fingerprint density at radius 1 is 0.842 bits per heavy atom. The minimum Gasteiger partial charge on any atom is -0.478 e. The molecule has 202 valence electrons. The molecule has 1 heterocycles. The number of benzene rings is 2. The van der Waals surface area contributed by atoms with Crippen molar-refractivity contribution >= 4 is 34.9 Å². The first-order valence-corrected chi connectivity index (χ1v) is 13.5. The second-order valence-corrected chi connectivity index (χ2v) is 9.57. The molecule has 0 aliphatic heterocycles. The molecule has 2 N–H and O–H groups in total. The molecule has 0 saturated heterocycles. The second-order valence-electron chi connectivity index (χ2n) is 9.57. The number of ether oxygens (including phenoxy) is 1. The number of aromatic nitrogens is 1. The molecule has 3 rings (SSSR count). The minimum absolute atomic E-state index is 0.0365. The molecule has 3 aromatic rings. The van der Waals surface area contributed by atoms with Crippen LogP contribution >= 0.6 is 0 Å². The van der Waals surface area contributed by atoms with Gasteiger partial charge in [-0.1, -0.05) is 101 Å². The van der Waals surface area contributed by atoms with Gasteiger partial charge in [-0.25, -0.2) is 9.59 Å². The summed E-state index contributed by atoms with van der Waals surface area (Å²) in [6.45, 7) is 2.50. The van der Waals surface area contributed by atoms with Crippen LogP contribution in [-0.4, -0.2) is 32.7 Å². The highest BCUT2D eigenvalue weighted by molar-refractivity contribution is 6.11. The summed E-state index contributed by atoms with van der Waals surface area (Å²) in [6, 6.07) is 14.6. The van der Waals surface area contributed by atoms with Crippen LogP contribution in [0.4, 0.5) is 4.79 Å². The summed E-state index contributed by atoms with van der Waals surface area (Å²) >= 11 is 0. The monoisotopic (exact) mass is 519 g/mol. The van der Waals surface area contributed by atoms with E-state index in [4.69, 9.17) is 9.84 Å². The van der Waals surface area contributed by atoms with Crippen molar-refractivity contribution < 1.29 is 29.3 Å². The van der Waals surface area contributed by atoms with Crippen LogP contribution in [0.5, 0.6) is 5.88 Å². The fraction of sp³-hybridized carbons (Fsp3) is 0.387. The number of ketones is 1. The lowest BCUT2D eigenvalue weighted by atomic mass is 10.0. The molecule has 0 saturated carbocycles. The Morgan fingerprint density at radius 3 is 2.11 bits per heavy atom. The summed E-state index contributed by atoms with van der Waals surface area (Å²) in [4.78, 5) is 35.7. The first kappa shape index (κ1) is 28.7. The smallest absolute Gasteiger partial charge is 0.478 e. The molecule has 38 heavy (non-hydrogen) atoms. The summed E-state index contributed by atoms with van der Waals surface area (Å²) in [5, 5.41) is 19.0. The number of carbonyl (C=O) groups excluding carboxylic acids is 1. The fourth-order valence-corrected chi connectivity index (χ4v) is 4.70. The van der Waals surface area contributed by atoms with Gasteiger partial charge in [0.15, 0.2) is 5.78 Å². The van der Waals surface area contributed by atoms with E-state index in [-0.39, 0.29) is 18.2 Å². The first-order chi connectivity index (χ1) is 18.4. The molecular formula is C31H37NO6. The van der Waals surface area contributed by atoms with E-state index in [9.17, 15) is 19.5 Å². The maximum Gasteiger partial charge on any atom is 0.512 e. The van der Waals surface area contributed by atoms with Gasteiger partial charge in [-0.15, -0.1) is 0 Å². The molecule has 0 spiro atoms. The van der Waals surface area contributed by atoms with Crippen LogP contribution in [0, 0.1) is 0 Å². The van der Waals surface area contributed by atoms with Crippen LogP contribution in [-0.2, 0) is 11.3 Å². The van der Waals surface area contributed by atoms with E-state index in [0.29, 0.717) is 22.9 Å². The van der Waals surface area contributed by atoms with E-state index < -0.39 is 12.1 Å². The number of hydrogen-bond donors (Lipinski definition) is 2. The summed E-state index contributed by atoms with van der Waals surface area (Å²) in [5.74, 6) is -1.11. The quantitative estimate of drug-likeness (QED) is 0.0861. The number of Topliss-reactive ketones (excluding diaryl/α,β-unsaturated/α-hetero) is 1. The fourth-order valence-electron chi connectivity index (χ4n) is 4.70. The summed E-state index contributed by atoms with van der Waals surface area (Å²) < 4.78 is 6.93. The lowest BCUT2D eigenvalue weighted by Crippen LogP contribution is -2.12. The van der Waals surface area contributed by atoms with Gasteiger partial charge in [0, 0.05) is 17.9 Å². The van der Waals surface area contributed by atoms with Crippen molar-refractivity contribution in [3.8, 4) is 5.88 Å². The van der Waals surface area contributed by atoms with Gasteiger partial charge in [0.25, 0.3) is 0 Å². The van der Waals surface area contributed by atoms with Crippen LogP contribution in [0.2, 0.25) is 0 Å². The van der Waals surface area contributed by atoms with Gasteiger partial charge in [-0.05, 0) is 29.7 Å². The van der Waals surface area contributed by atoms with Gasteiger partial charge in [0.1, 0.15) is 0 Å². The number of unbranched alkanes of at least 4 members (excludes halogenated alkanes) is 8. The Hall–Kier alpha value is -3.87. The average molecular weight is 520 g/mol. The molecule has 0 bridgehead atoms. The first-order valence-electron chi connectivity index (χ1n) is 13.5. The van der Waals surface area contributed by atoms with Crippen molar-refractivity contribution in [1.29, 1.82) is 0 Å². The van der Waals surface area contributed by atoms with E-state index in [1.54, 1.807) is 16.7 Å². The number of para-hydroxylation sites is 1. The summed E-state index contributed by atoms with van der Waals surface area (Å²) in [5.41, 5.74) is 2.61. The van der Waals surface area contributed by atoms with Crippen LogP contribution in [0.1, 0.15) is 92.6 Å². The summed E-state index contributed by atoms with van der Waals surface area (Å²) in [6.07, 6.45) is 11.7. The van der Waals surface area contributed by atoms with Crippen molar-refractivity contribution in [1.82, 2.24) is 4.57 Å². The second kappa shape index (κ2) is 14.8. The normalized spacial score (nSPS) is 11.3. The summed E-state index contributed by atoms with van der Waals surface area (Å²) in [7, 11) is 0. The number of carbonyl (C=O) groups is 3. The van der Waals surface area contributed by atoms with Crippen molar-refractivity contribution in [2.45, 2.75) is 77.7 Å². The topological polar surface area (TPSA) is 106 Å². The lowest BCUT2D eigenvalue weighted by Gasteiger charge is -2.11. The Labute approximate surface area is 223 Å². The zero-order valence-electron chi connectivity index (χ0n) is 22.0. The van der Waals surface area contributed by atoms with Crippen molar-refractivity contribution in [2.24, 2.45) is 0 Å². The van der Waals surface area contributed by atoms with Crippen LogP contribution < -0.4 is 4.74 Å².